The second-order valence-electron chi connectivity index (χ2n) is 7.32. The van der Waals surface area contributed by atoms with Crippen molar-refractivity contribution in [2.24, 2.45) is 11.7 Å². The Kier molecular flexibility index (Phi) is 4.91. The van der Waals surface area contributed by atoms with Gasteiger partial charge in [0.2, 0.25) is 0 Å². The van der Waals surface area contributed by atoms with Crippen LogP contribution in [-0.2, 0) is 5.41 Å². The lowest BCUT2D eigenvalue weighted by Crippen LogP contribution is -2.28. The standard InChI is InChI=1S/C21H26FNO/c1-21(2,16-6-10-18(22)11-7-16)17-8-12-19(13-9-17)24-14-15-4-3-5-20(15)23/h6-13,15,20H,3-5,14,23H2,1-2H3/t15-,20-/m0/s1. The number of ether oxygens (including phenoxy) is 1. The summed E-state index contributed by atoms with van der Waals surface area (Å²) in [7, 11) is 0. The van der Waals surface area contributed by atoms with Gasteiger partial charge in [-0.3, -0.25) is 0 Å². The average Bonchev–Trinajstić information content (AvgIpc) is 2.99. The number of benzene rings is 2. The van der Waals surface area contributed by atoms with Crippen LogP contribution in [0.3, 0.4) is 0 Å². The van der Waals surface area contributed by atoms with Crippen LogP contribution in [0.25, 0.3) is 0 Å². The van der Waals surface area contributed by atoms with E-state index in [1.165, 1.54) is 24.1 Å². The lowest BCUT2D eigenvalue weighted by atomic mass is 9.78. The van der Waals surface area contributed by atoms with Crippen LogP contribution in [0.4, 0.5) is 4.39 Å². The van der Waals surface area contributed by atoms with E-state index in [9.17, 15) is 4.39 Å². The van der Waals surface area contributed by atoms with E-state index in [0.717, 1.165) is 24.2 Å². The van der Waals surface area contributed by atoms with Crippen LogP contribution in [0.2, 0.25) is 0 Å². The highest BCUT2D eigenvalue weighted by molar-refractivity contribution is 5.40. The quantitative estimate of drug-likeness (QED) is 0.867. The molecule has 3 heteroatoms. The maximum atomic E-state index is 13.1. The van der Waals surface area contributed by atoms with Gasteiger partial charge in [-0.2, -0.15) is 0 Å². The Morgan fingerprint density at radius 2 is 1.58 bits per heavy atom. The Labute approximate surface area is 143 Å². The summed E-state index contributed by atoms with van der Waals surface area (Å²) in [5, 5.41) is 0. The van der Waals surface area contributed by atoms with Gasteiger partial charge in [0, 0.05) is 17.4 Å². The lowest BCUT2D eigenvalue weighted by Gasteiger charge is -2.26. The van der Waals surface area contributed by atoms with Gasteiger partial charge in [-0.05, 0) is 48.2 Å². The molecule has 0 radical (unpaired) electrons. The van der Waals surface area contributed by atoms with Crippen molar-refractivity contribution in [3.63, 3.8) is 0 Å². The van der Waals surface area contributed by atoms with Crippen LogP contribution in [-0.4, -0.2) is 12.6 Å². The Morgan fingerprint density at radius 3 is 2.12 bits per heavy atom. The first kappa shape index (κ1) is 17.0. The summed E-state index contributed by atoms with van der Waals surface area (Å²) in [5.41, 5.74) is 8.18. The first-order valence-corrected chi connectivity index (χ1v) is 8.72. The van der Waals surface area contributed by atoms with Crippen LogP contribution < -0.4 is 10.5 Å². The van der Waals surface area contributed by atoms with Crippen LogP contribution >= 0.6 is 0 Å². The molecule has 128 valence electrons. The molecule has 1 fully saturated rings. The van der Waals surface area contributed by atoms with Crippen molar-refractivity contribution in [3.05, 3.63) is 65.5 Å². The van der Waals surface area contributed by atoms with E-state index in [0.29, 0.717) is 12.5 Å². The van der Waals surface area contributed by atoms with E-state index in [4.69, 9.17) is 10.5 Å². The van der Waals surface area contributed by atoms with E-state index in [1.54, 1.807) is 0 Å². The lowest BCUT2D eigenvalue weighted by molar-refractivity contribution is 0.239. The van der Waals surface area contributed by atoms with Crippen LogP contribution in [0, 0.1) is 11.7 Å². The molecule has 2 aromatic rings. The highest BCUT2D eigenvalue weighted by Crippen LogP contribution is 2.33. The largest absolute Gasteiger partial charge is 0.493 e. The van der Waals surface area contributed by atoms with E-state index < -0.39 is 0 Å². The topological polar surface area (TPSA) is 35.2 Å². The van der Waals surface area contributed by atoms with Crippen molar-refractivity contribution in [3.8, 4) is 5.75 Å². The maximum Gasteiger partial charge on any atom is 0.123 e. The molecule has 1 saturated carbocycles. The Morgan fingerprint density at radius 1 is 1.00 bits per heavy atom. The van der Waals surface area contributed by atoms with Crippen molar-refractivity contribution >= 4 is 0 Å². The predicted octanol–water partition coefficient (Wildman–Crippen LogP) is 4.66. The molecular formula is C21H26FNO. The molecule has 24 heavy (non-hydrogen) atoms. The Hall–Kier alpha value is -1.87. The molecule has 0 unspecified atom stereocenters. The van der Waals surface area contributed by atoms with Gasteiger partial charge in [0.05, 0.1) is 6.61 Å². The maximum absolute atomic E-state index is 13.1. The molecule has 0 aliphatic heterocycles. The number of hydrogen-bond acceptors (Lipinski definition) is 2. The molecule has 0 aromatic heterocycles. The molecular weight excluding hydrogens is 301 g/mol. The summed E-state index contributed by atoms with van der Waals surface area (Å²) in [6.07, 6.45) is 3.48. The molecule has 0 amide bonds. The summed E-state index contributed by atoms with van der Waals surface area (Å²) >= 11 is 0. The smallest absolute Gasteiger partial charge is 0.123 e. The number of rotatable bonds is 5. The van der Waals surface area contributed by atoms with Gasteiger partial charge in [-0.25, -0.2) is 4.39 Å². The normalized spacial score (nSPS) is 21.0. The fraction of sp³-hybridized carbons (Fsp3) is 0.429. The fourth-order valence-electron chi connectivity index (χ4n) is 3.48. The summed E-state index contributed by atoms with van der Waals surface area (Å²) in [6, 6.07) is 15.2. The molecule has 1 aliphatic rings. The van der Waals surface area contributed by atoms with Gasteiger partial charge >= 0.3 is 0 Å². The number of halogens is 1. The summed E-state index contributed by atoms with van der Waals surface area (Å²) in [4.78, 5) is 0. The van der Waals surface area contributed by atoms with Crippen LogP contribution in [0.15, 0.2) is 48.5 Å². The molecule has 1 aliphatic carbocycles. The first-order valence-electron chi connectivity index (χ1n) is 8.72. The van der Waals surface area contributed by atoms with Crippen molar-refractivity contribution in [1.29, 1.82) is 0 Å². The molecule has 2 nitrogen and oxygen atoms in total. The molecule has 0 bridgehead atoms. The molecule has 2 N–H and O–H groups in total. The van der Waals surface area contributed by atoms with Gasteiger partial charge in [0.25, 0.3) is 0 Å². The van der Waals surface area contributed by atoms with Gasteiger partial charge < -0.3 is 10.5 Å². The number of hydrogen-bond donors (Lipinski definition) is 1. The van der Waals surface area contributed by atoms with Gasteiger partial charge in [0.1, 0.15) is 11.6 Å². The molecule has 3 rings (SSSR count). The highest BCUT2D eigenvalue weighted by atomic mass is 19.1. The van der Waals surface area contributed by atoms with E-state index in [2.05, 4.69) is 26.0 Å². The zero-order valence-electron chi connectivity index (χ0n) is 14.5. The monoisotopic (exact) mass is 327 g/mol. The van der Waals surface area contributed by atoms with Gasteiger partial charge in [-0.15, -0.1) is 0 Å². The van der Waals surface area contributed by atoms with Crippen LogP contribution in [0.5, 0.6) is 5.75 Å². The van der Waals surface area contributed by atoms with Crippen molar-refractivity contribution in [2.75, 3.05) is 6.61 Å². The zero-order chi connectivity index (χ0) is 17.2. The minimum absolute atomic E-state index is 0.181. The number of nitrogens with two attached hydrogens (primary N) is 1. The summed E-state index contributed by atoms with van der Waals surface area (Å²) in [6.45, 7) is 4.99. The zero-order valence-corrected chi connectivity index (χ0v) is 14.5. The third-order valence-electron chi connectivity index (χ3n) is 5.32. The summed E-state index contributed by atoms with van der Waals surface area (Å²) in [5.74, 6) is 1.15. The van der Waals surface area contributed by atoms with E-state index in [-0.39, 0.29) is 17.3 Å². The van der Waals surface area contributed by atoms with Crippen molar-refractivity contribution in [1.82, 2.24) is 0 Å². The van der Waals surface area contributed by atoms with Gasteiger partial charge in [0.15, 0.2) is 0 Å². The van der Waals surface area contributed by atoms with Crippen molar-refractivity contribution < 1.29 is 9.13 Å². The second kappa shape index (κ2) is 6.94. The average molecular weight is 327 g/mol. The van der Waals surface area contributed by atoms with Crippen molar-refractivity contribution in [2.45, 2.75) is 44.6 Å². The van der Waals surface area contributed by atoms with E-state index >= 15 is 0 Å². The fourth-order valence-corrected chi connectivity index (χ4v) is 3.48. The third kappa shape index (κ3) is 3.62. The second-order valence-corrected chi connectivity index (χ2v) is 7.32. The molecule has 2 aromatic carbocycles. The molecule has 0 heterocycles. The minimum atomic E-state index is -0.205. The predicted molar refractivity (Wildman–Crippen MR) is 95.8 cm³/mol. The van der Waals surface area contributed by atoms with Gasteiger partial charge in [-0.1, -0.05) is 44.5 Å². The molecule has 2 atom stereocenters. The minimum Gasteiger partial charge on any atom is -0.493 e. The molecule has 0 spiro atoms. The molecule has 0 saturated heterocycles. The third-order valence-corrected chi connectivity index (χ3v) is 5.32. The first-order chi connectivity index (χ1) is 11.5. The SMILES string of the molecule is CC(C)(c1ccc(F)cc1)c1ccc(OC[C@@H]2CCC[C@@H]2N)cc1. The Bertz CT molecular complexity index is 663. The van der Waals surface area contributed by atoms with Crippen LogP contribution in [0.1, 0.15) is 44.2 Å². The Balaban J connectivity index is 1.68. The highest BCUT2D eigenvalue weighted by Gasteiger charge is 2.25. The summed E-state index contributed by atoms with van der Waals surface area (Å²) < 4.78 is 19.1. The van der Waals surface area contributed by atoms with E-state index in [1.807, 2.05) is 24.3 Å².